The van der Waals surface area contributed by atoms with Gasteiger partial charge in [-0.3, -0.25) is 10.1 Å². The molecule has 18 heteroatoms. The number of aromatic amines is 1. The van der Waals surface area contributed by atoms with Gasteiger partial charge in [-0.25, -0.2) is 19.0 Å². The Labute approximate surface area is 289 Å². The van der Waals surface area contributed by atoms with E-state index in [1.54, 1.807) is 18.2 Å². The van der Waals surface area contributed by atoms with Crippen molar-refractivity contribution in [3.63, 3.8) is 0 Å². The fourth-order valence-electron chi connectivity index (χ4n) is 5.27. The summed E-state index contributed by atoms with van der Waals surface area (Å²) in [7, 11) is 2.77. The molecule has 0 saturated carbocycles. The van der Waals surface area contributed by atoms with Crippen LogP contribution in [0, 0.1) is 17.1 Å². The van der Waals surface area contributed by atoms with Crippen LogP contribution in [0.25, 0.3) is 23.0 Å². The highest BCUT2D eigenvalue weighted by Gasteiger charge is 2.27. The molecule has 0 spiro atoms. The molecule has 0 unspecified atom stereocenters. The monoisotopic (exact) mass is 706 g/mol. The normalized spacial score (nSPS) is 15.8. The number of hydrogen-bond donors (Lipinski definition) is 4. The lowest BCUT2D eigenvalue weighted by molar-refractivity contribution is -0.141. The number of fused-ring (bicyclic) bond motifs is 4. The van der Waals surface area contributed by atoms with Gasteiger partial charge in [-0.15, -0.1) is 5.10 Å². The van der Waals surface area contributed by atoms with E-state index in [0.717, 1.165) is 6.08 Å². The minimum absolute atomic E-state index is 0.0132. The lowest BCUT2D eigenvalue weighted by Gasteiger charge is -2.22. The van der Waals surface area contributed by atoms with Crippen molar-refractivity contribution < 1.29 is 33.0 Å². The Balaban J connectivity index is 1.46. The molecule has 0 radical (unpaired) electrons. The van der Waals surface area contributed by atoms with Gasteiger partial charge in [0.1, 0.15) is 42.3 Å². The predicted molar refractivity (Wildman–Crippen MR) is 178 cm³/mol. The van der Waals surface area contributed by atoms with Gasteiger partial charge in [0.2, 0.25) is 5.91 Å². The summed E-state index contributed by atoms with van der Waals surface area (Å²) < 4.78 is 31.4. The number of nitrogens with zero attached hydrogens (tertiary/aromatic N) is 6. The van der Waals surface area contributed by atoms with Gasteiger partial charge in [0.25, 0.3) is 0 Å². The minimum atomic E-state index is -0.788. The molecule has 0 saturated heterocycles. The van der Waals surface area contributed by atoms with E-state index in [9.17, 15) is 19.6 Å². The maximum atomic E-state index is 15.1. The highest BCUT2D eigenvalue weighted by molar-refractivity contribution is 6.31. The Bertz CT molecular complexity index is 1930. The summed E-state index contributed by atoms with van der Waals surface area (Å²) in [5.74, 6) is -1.56. The van der Waals surface area contributed by atoms with Crippen LogP contribution in [-0.2, 0) is 23.8 Å². The molecule has 2 bridgehead atoms. The first kappa shape index (κ1) is 35.4. The fourth-order valence-corrected chi connectivity index (χ4v) is 5.43. The van der Waals surface area contributed by atoms with Crippen molar-refractivity contribution in [2.24, 2.45) is 0 Å². The van der Waals surface area contributed by atoms with Gasteiger partial charge in [-0.05, 0) is 59.7 Å². The average Bonchev–Trinajstić information content (AvgIpc) is 3.80. The van der Waals surface area contributed by atoms with Gasteiger partial charge in [-0.2, -0.15) is 9.94 Å². The van der Waals surface area contributed by atoms with Crippen LogP contribution in [-0.4, -0.2) is 81.6 Å². The second-order valence-corrected chi connectivity index (χ2v) is 11.3. The Morgan fingerprint density at radius 2 is 2.00 bits per heavy atom. The number of amides is 2. The van der Waals surface area contributed by atoms with E-state index in [-0.39, 0.29) is 40.9 Å². The molecule has 0 fully saturated rings. The molecular weight excluding hydrogens is 675 g/mol. The summed E-state index contributed by atoms with van der Waals surface area (Å²) in [5.41, 5.74) is 1.75. The number of halogens is 2. The molecule has 1 aliphatic rings. The van der Waals surface area contributed by atoms with Crippen LogP contribution in [0.5, 0.6) is 0 Å². The third-order valence-corrected chi connectivity index (χ3v) is 7.97. The first-order valence-corrected chi connectivity index (χ1v) is 15.7. The molecule has 0 aliphatic carbocycles. The lowest BCUT2D eigenvalue weighted by Crippen LogP contribution is -2.31. The SMILES string of the molecule is COCCOC(=O)Nc1ccc2c(c1)N[C@@H](C(=O)OC)CCCC[C@H](NC(=O)/C=C/c1c(-n3cnnn3)ccc(Cl)c1F)c1nc-2c(C#N)[nH]1. The topological polar surface area (TPSA) is 211 Å². The van der Waals surface area contributed by atoms with Gasteiger partial charge in [-0.1, -0.05) is 24.4 Å². The third kappa shape index (κ3) is 8.40. The summed E-state index contributed by atoms with van der Waals surface area (Å²) in [6.07, 6.45) is 4.80. The predicted octanol–water partition coefficient (Wildman–Crippen LogP) is 4.31. The first-order valence-electron chi connectivity index (χ1n) is 15.3. The van der Waals surface area contributed by atoms with E-state index >= 15 is 4.39 Å². The Morgan fingerprint density at radius 1 is 1.18 bits per heavy atom. The van der Waals surface area contributed by atoms with E-state index in [0.29, 0.717) is 48.4 Å². The number of imidazole rings is 1. The van der Waals surface area contributed by atoms with Crippen molar-refractivity contribution in [3.8, 4) is 23.0 Å². The van der Waals surface area contributed by atoms with Gasteiger partial charge in [0, 0.05) is 35.7 Å². The Morgan fingerprint density at radius 3 is 2.74 bits per heavy atom. The molecule has 4 aromatic rings. The number of carbonyl (C=O) groups is 3. The standard InChI is InChI=1S/C32H32ClFN10O6/c1-48-13-14-50-32(47)37-18-7-8-19-24(15-18)38-23(31(46)49-2)6-4-3-5-22(30-40-25(16-35)29(19)41-30)39-27(45)12-9-20-26(44-17-36-42-43-44)11-10-21(33)28(20)34/h7-12,15,17,22-23,38H,3-6,13-14H2,1-2H3,(H,37,47)(H,39,45)(H,40,41)/b12-9+/t22-,23+/m0/s1. The van der Waals surface area contributed by atoms with Crippen molar-refractivity contribution in [3.05, 3.63) is 70.7 Å². The molecular formula is C32H32ClFN10O6. The molecule has 4 N–H and O–H groups in total. The number of nitriles is 1. The summed E-state index contributed by atoms with van der Waals surface area (Å²) in [4.78, 5) is 46.2. The number of rotatable bonds is 9. The second-order valence-electron chi connectivity index (χ2n) is 10.9. The number of nitrogens with one attached hydrogen (secondary N) is 4. The van der Waals surface area contributed by atoms with Gasteiger partial charge in [0.15, 0.2) is 5.82 Å². The van der Waals surface area contributed by atoms with Crippen LogP contribution in [0.1, 0.15) is 48.8 Å². The van der Waals surface area contributed by atoms with E-state index in [1.165, 1.54) is 43.4 Å². The van der Waals surface area contributed by atoms with Gasteiger partial charge >= 0.3 is 12.1 Å². The summed E-state index contributed by atoms with van der Waals surface area (Å²) in [6.45, 7) is 0.268. The van der Waals surface area contributed by atoms with Crippen LogP contribution in [0.2, 0.25) is 5.02 Å². The number of anilines is 2. The highest BCUT2D eigenvalue weighted by atomic mass is 35.5. The van der Waals surface area contributed by atoms with E-state index < -0.39 is 35.9 Å². The highest BCUT2D eigenvalue weighted by Crippen LogP contribution is 2.35. The third-order valence-electron chi connectivity index (χ3n) is 7.68. The zero-order valence-corrected chi connectivity index (χ0v) is 27.7. The average molecular weight is 707 g/mol. The number of carbonyl (C=O) groups excluding carboxylic acids is 3. The minimum Gasteiger partial charge on any atom is -0.467 e. The van der Waals surface area contributed by atoms with Crippen LogP contribution in [0.4, 0.5) is 20.6 Å². The van der Waals surface area contributed by atoms with Crippen molar-refractivity contribution >= 4 is 47.0 Å². The molecule has 16 nitrogen and oxygen atoms in total. The second kappa shape index (κ2) is 16.5. The van der Waals surface area contributed by atoms with Crippen molar-refractivity contribution in [2.45, 2.75) is 37.8 Å². The number of hydrogen-bond acceptors (Lipinski definition) is 12. The van der Waals surface area contributed by atoms with Crippen LogP contribution in [0.15, 0.2) is 42.7 Å². The van der Waals surface area contributed by atoms with Crippen molar-refractivity contribution in [2.75, 3.05) is 38.1 Å². The van der Waals surface area contributed by atoms with Crippen LogP contribution >= 0.6 is 11.6 Å². The number of ether oxygens (including phenoxy) is 3. The molecule has 50 heavy (non-hydrogen) atoms. The molecule has 2 aromatic carbocycles. The summed E-state index contributed by atoms with van der Waals surface area (Å²) in [5, 5.41) is 29.6. The molecule has 2 atom stereocenters. The van der Waals surface area contributed by atoms with E-state index in [4.69, 9.17) is 30.8 Å². The lowest BCUT2D eigenvalue weighted by atomic mass is 10.0. The Hall–Kier alpha value is -5.86. The molecule has 1 aliphatic heterocycles. The maximum Gasteiger partial charge on any atom is 0.411 e. The fraction of sp³-hybridized carbons (Fsp3) is 0.312. The van der Waals surface area contributed by atoms with E-state index in [2.05, 4.69) is 42.5 Å². The van der Waals surface area contributed by atoms with Gasteiger partial charge in [0.05, 0.1) is 30.5 Å². The number of methoxy groups -OCH3 is 2. The number of aromatic nitrogens is 6. The van der Waals surface area contributed by atoms with Gasteiger partial charge < -0.3 is 29.8 Å². The van der Waals surface area contributed by atoms with E-state index in [1.807, 2.05) is 0 Å². The molecule has 2 aromatic heterocycles. The zero-order chi connectivity index (χ0) is 35.6. The van der Waals surface area contributed by atoms with Crippen molar-refractivity contribution in [1.82, 2.24) is 35.5 Å². The number of tetrazole rings is 1. The zero-order valence-electron chi connectivity index (χ0n) is 26.9. The van der Waals surface area contributed by atoms with Crippen molar-refractivity contribution in [1.29, 1.82) is 5.26 Å². The largest absolute Gasteiger partial charge is 0.467 e. The first-order chi connectivity index (χ1) is 24.2. The molecule has 2 amide bonds. The Kier molecular flexibility index (Phi) is 11.7. The molecule has 5 rings (SSSR count). The summed E-state index contributed by atoms with van der Waals surface area (Å²) in [6, 6.07) is 8.30. The number of esters is 1. The van der Waals surface area contributed by atoms with Crippen LogP contribution < -0.4 is 16.0 Å². The smallest absolute Gasteiger partial charge is 0.411 e. The molecule has 260 valence electrons. The van der Waals surface area contributed by atoms with Crippen LogP contribution in [0.3, 0.4) is 0 Å². The quantitative estimate of drug-likeness (QED) is 0.109. The maximum absolute atomic E-state index is 15.1. The summed E-state index contributed by atoms with van der Waals surface area (Å²) >= 11 is 6.02. The molecule has 3 heterocycles. The number of H-pyrrole nitrogens is 1. The number of benzene rings is 2.